The maximum absolute atomic E-state index is 12.7. The van der Waals surface area contributed by atoms with Crippen LogP contribution < -0.4 is 5.32 Å². The largest absolute Gasteiger partial charge is 0.359 e. The first kappa shape index (κ1) is 19.4. The number of hydrogen-bond acceptors (Lipinski definition) is 5. The normalized spacial score (nSPS) is 11.2. The first-order chi connectivity index (χ1) is 14.3. The van der Waals surface area contributed by atoms with Gasteiger partial charge in [-0.05, 0) is 42.7 Å². The molecule has 0 unspecified atom stereocenters. The monoisotopic (exact) mass is 399 g/mol. The van der Waals surface area contributed by atoms with E-state index < -0.39 is 0 Å². The molecule has 3 aromatic heterocycles. The topological polar surface area (TPSA) is 85.3 Å². The summed E-state index contributed by atoms with van der Waals surface area (Å²) in [6, 6.07) is 10.8. The van der Waals surface area contributed by atoms with Crippen molar-refractivity contribution in [1.29, 1.82) is 0 Å². The van der Waals surface area contributed by atoms with Gasteiger partial charge in [-0.2, -0.15) is 5.10 Å². The second kappa shape index (κ2) is 7.48. The minimum absolute atomic E-state index is 0.185. The summed E-state index contributed by atoms with van der Waals surface area (Å²) in [5.74, 6) is 7.03. The van der Waals surface area contributed by atoms with E-state index >= 15 is 0 Å². The number of benzene rings is 1. The van der Waals surface area contributed by atoms with Crippen LogP contribution in [0.15, 0.2) is 53.3 Å². The molecule has 1 N–H and O–H groups in total. The van der Waals surface area contributed by atoms with Crippen LogP contribution in [0.5, 0.6) is 0 Å². The Labute approximate surface area is 174 Å². The van der Waals surface area contributed by atoms with E-state index in [4.69, 9.17) is 4.52 Å². The summed E-state index contributed by atoms with van der Waals surface area (Å²) in [5.41, 5.74) is 3.43. The second-order valence-corrected chi connectivity index (χ2v) is 8.00. The fourth-order valence-electron chi connectivity index (χ4n) is 2.82. The van der Waals surface area contributed by atoms with Gasteiger partial charge in [0.25, 0.3) is 5.91 Å². The summed E-state index contributed by atoms with van der Waals surface area (Å²) < 4.78 is 7.00. The Bertz CT molecular complexity index is 1300. The molecule has 4 aromatic rings. The Kier molecular flexibility index (Phi) is 4.84. The summed E-state index contributed by atoms with van der Waals surface area (Å²) >= 11 is 0. The van der Waals surface area contributed by atoms with Crippen molar-refractivity contribution in [2.24, 2.45) is 0 Å². The number of hydrogen-bond donors (Lipinski definition) is 1. The molecule has 0 radical (unpaired) electrons. The van der Waals surface area contributed by atoms with Gasteiger partial charge in [-0.15, -0.1) is 0 Å². The van der Waals surface area contributed by atoms with E-state index in [1.165, 1.54) is 0 Å². The molecule has 0 aliphatic heterocycles. The van der Waals surface area contributed by atoms with Crippen LogP contribution in [0.25, 0.3) is 5.65 Å². The van der Waals surface area contributed by atoms with Crippen molar-refractivity contribution >= 4 is 17.4 Å². The van der Waals surface area contributed by atoms with E-state index in [2.05, 4.69) is 32.4 Å². The van der Waals surface area contributed by atoms with Gasteiger partial charge >= 0.3 is 0 Å². The average molecular weight is 399 g/mol. The molecule has 0 aliphatic carbocycles. The Hall–Kier alpha value is -3.92. The van der Waals surface area contributed by atoms with Crippen molar-refractivity contribution in [3.63, 3.8) is 0 Å². The summed E-state index contributed by atoms with van der Waals surface area (Å²) in [6.45, 7) is 8.00. The molecule has 30 heavy (non-hydrogen) atoms. The molecule has 0 atom stereocenters. The highest BCUT2D eigenvalue weighted by Gasteiger charge is 2.20. The van der Waals surface area contributed by atoms with Crippen LogP contribution in [-0.2, 0) is 5.41 Å². The predicted molar refractivity (Wildman–Crippen MR) is 113 cm³/mol. The second-order valence-electron chi connectivity index (χ2n) is 8.00. The third-order valence-electron chi connectivity index (χ3n) is 4.59. The quantitative estimate of drug-likeness (QED) is 0.516. The van der Waals surface area contributed by atoms with Crippen LogP contribution in [0, 0.1) is 18.8 Å². The number of amides is 1. The molecule has 4 rings (SSSR count). The van der Waals surface area contributed by atoms with Gasteiger partial charge < -0.3 is 9.84 Å². The van der Waals surface area contributed by atoms with Crippen molar-refractivity contribution in [3.05, 3.63) is 76.9 Å². The molecular formula is C23H21N5O2. The first-order valence-corrected chi connectivity index (χ1v) is 9.51. The molecule has 1 amide bonds. The standard InChI is InChI=1S/C23H21N5O2/c1-15-7-8-17(22(29)26-20-13-19(30-27-20)23(2,3)4)12-16(15)9-10-18-14-24-21-6-5-11-25-28(18)21/h5-8,11-14H,1-4H3,(H,26,27,29). The van der Waals surface area contributed by atoms with Gasteiger partial charge in [0.1, 0.15) is 11.5 Å². The SMILES string of the molecule is Cc1ccc(C(=O)Nc2cc(C(C)(C)C)on2)cc1C#Cc1cnc2cccnn12. The summed E-state index contributed by atoms with van der Waals surface area (Å²) in [7, 11) is 0. The molecule has 0 saturated heterocycles. The van der Waals surface area contributed by atoms with E-state index in [0.717, 1.165) is 16.8 Å². The Morgan fingerprint density at radius 1 is 1.17 bits per heavy atom. The molecule has 0 saturated carbocycles. The van der Waals surface area contributed by atoms with Crippen LogP contribution in [-0.4, -0.2) is 25.7 Å². The number of aryl methyl sites for hydroxylation is 1. The lowest BCUT2D eigenvalue weighted by molar-refractivity contribution is 0.102. The molecule has 0 aliphatic rings. The summed E-state index contributed by atoms with van der Waals surface area (Å²) in [5, 5.41) is 11.0. The van der Waals surface area contributed by atoms with Gasteiger partial charge in [-0.1, -0.05) is 37.9 Å². The number of nitrogens with zero attached hydrogens (tertiary/aromatic N) is 4. The number of imidazole rings is 1. The molecule has 7 nitrogen and oxygen atoms in total. The van der Waals surface area contributed by atoms with Gasteiger partial charge in [0, 0.05) is 28.8 Å². The number of carbonyl (C=O) groups excluding carboxylic acids is 1. The maximum Gasteiger partial charge on any atom is 0.256 e. The van der Waals surface area contributed by atoms with Crippen molar-refractivity contribution < 1.29 is 9.32 Å². The van der Waals surface area contributed by atoms with Crippen LogP contribution in [0.1, 0.15) is 53.7 Å². The summed E-state index contributed by atoms with van der Waals surface area (Å²) in [4.78, 5) is 17.0. The van der Waals surface area contributed by atoms with E-state index in [1.54, 1.807) is 35.1 Å². The number of anilines is 1. The van der Waals surface area contributed by atoms with E-state index in [9.17, 15) is 4.79 Å². The Balaban J connectivity index is 1.58. The van der Waals surface area contributed by atoms with Gasteiger partial charge in [0.15, 0.2) is 11.5 Å². The minimum Gasteiger partial charge on any atom is -0.359 e. The van der Waals surface area contributed by atoms with E-state index in [0.29, 0.717) is 22.8 Å². The van der Waals surface area contributed by atoms with Gasteiger partial charge in [-0.25, -0.2) is 9.50 Å². The highest BCUT2D eigenvalue weighted by molar-refractivity contribution is 6.04. The predicted octanol–water partition coefficient (Wildman–Crippen LogP) is 3.98. The number of fused-ring (bicyclic) bond motifs is 1. The first-order valence-electron chi connectivity index (χ1n) is 9.51. The smallest absolute Gasteiger partial charge is 0.256 e. The van der Waals surface area contributed by atoms with Crippen LogP contribution in [0.2, 0.25) is 0 Å². The molecule has 0 fully saturated rings. The zero-order valence-corrected chi connectivity index (χ0v) is 17.2. The van der Waals surface area contributed by atoms with Gasteiger partial charge in [0.05, 0.1) is 6.20 Å². The van der Waals surface area contributed by atoms with Crippen molar-refractivity contribution in [2.45, 2.75) is 33.1 Å². The number of aromatic nitrogens is 4. The number of rotatable bonds is 2. The molecule has 7 heteroatoms. The Morgan fingerprint density at radius 3 is 2.77 bits per heavy atom. The zero-order valence-electron chi connectivity index (χ0n) is 17.2. The average Bonchev–Trinajstić information content (AvgIpc) is 3.34. The third-order valence-corrected chi connectivity index (χ3v) is 4.59. The van der Waals surface area contributed by atoms with Gasteiger partial charge in [0.2, 0.25) is 0 Å². The zero-order chi connectivity index (χ0) is 21.3. The molecule has 150 valence electrons. The van der Waals surface area contributed by atoms with Crippen molar-refractivity contribution in [3.8, 4) is 11.8 Å². The lowest BCUT2D eigenvalue weighted by Gasteiger charge is -2.12. The van der Waals surface area contributed by atoms with Crippen molar-refractivity contribution in [2.75, 3.05) is 5.32 Å². The fourth-order valence-corrected chi connectivity index (χ4v) is 2.82. The highest BCUT2D eigenvalue weighted by Crippen LogP contribution is 2.24. The molecular weight excluding hydrogens is 378 g/mol. The van der Waals surface area contributed by atoms with Crippen LogP contribution >= 0.6 is 0 Å². The summed E-state index contributed by atoms with van der Waals surface area (Å²) in [6.07, 6.45) is 3.36. The van der Waals surface area contributed by atoms with Crippen LogP contribution in [0.4, 0.5) is 5.82 Å². The lowest BCUT2D eigenvalue weighted by Crippen LogP contribution is -2.13. The van der Waals surface area contributed by atoms with Gasteiger partial charge in [-0.3, -0.25) is 4.79 Å². The third kappa shape index (κ3) is 3.94. The lowest BCUT2D eigenvalue weighted by atomic mass is 9.93. The van der Waals surface area contributed by atoms with Crippen LogP contribution in [0.3, 0.4) is 0 Å². The molecule has 0 bridgehead atoms. The molecule has 3 heterocycles. The van der Waals surface area contributed by atoms with E-state index in [1.807, 2.05) is 45.9 Å². The molecule has 0 spiro atoms. The fraction of sp³-hybridized carbons (Fsp3) is 0.217. The minimum atomic E-state index is -0.275. The number of carbonyl (C=O) groups is 1. The highest BCUT2D eigenvalue weighted by atomic mass is 16.5. The van der Waals surface area contributed by atoms with E-state index in [-0.39, 0.29) is 11.3 Å². The molecule has 1 aromatic carbocycles. The Morgan fingerprint density at radius 2 is 2.00 bits per heavy atom. The van der Waals surface area contributed by atoms with Crippen molar-refractivity contribution in [1.82, 2.24) is 19.8 Å². The number of nitrogens with one attached hydrogen (secondary N) is 1. The maximum atomic E-state index is 12.7.